The minimum atomic E-state index is -3.87. The van der Waals surface area contributed by atoms with Crippen LogP contribution in [-0.2, 0) is 19.6 Å². The summed E-state index contributed by atoms with van der Waals surface area (Å²) in [6.45, 7) is 1.69. The summed E-state index contributed by atoms with van der Waals surface area (Å²) >= 11 is 0. The molecule has 1 aromatic carbocycles. The molecule has 0 saturated carbocycles. The molecule has 0 fully saturated rings. The Morgan fingerprint density at radius 1 is 1.18 bits per heavy atom. The molecule has 0 aliphatic carbocycles. The van der Waals surface area contributed by atoms with Gasteiger partial charge in [-0.2, -0.15) is 0 Å². The van der Waals surface area contributed by atoms with Crippen molar-refractivity contribution in [2.75, 3.05) is 34.4 Å². The molecule has 0 bridgehead atoms. The zero-order valence-electron chi connectivity index (χ0n) is 16.3. The minimum Gasteiger partial charge on any atom is -0.495 e. The lowest BCUT2D eigenvalue weighted by Gasteiger charge is -2.15. The van der Waals surface area contributed by atoms with E-state index in [2.05, 4.69) is 5.32 Å². The molecule has 11 heteroatoms. The van der Waals surface area contributed by atoms with Crippen molar-refractivity contribution >= 4 is 27.9 Å². The van der Waals surface area contributed by atoms with Gasteiger partial charge in [-0.3, -0.25) is 10.1 Å². The summed E-state index contributed by atoms with van der Waals surface area (Å²) in [5.74, 6) is -1.66. The Labute approximate surface area is 164 Å². The number of rotatable bonds is 9. The van der Waals surface area contributed by atoms with Crippen LogP contribution in [0.15, 0.2) is 23.1 Å². The Balaban J connectivity index is 2.77. The summed E-state index contributed by atoms with van der Waals surface area (Å²) in [5, 5.41) is 4.51. The number of ether oxygens (including phenoxy) is 2. The van der Waals surface area contributed by atoms with Gasteiger partial charge in [-0.1, -0.05) is 13.3 Å². The molecule has 10 nitrogen and oxygen atoms in total. The Morgan fingerprint density at radius 2 is 1.86 bits per heavy atom. The molecule has 2 N–H and O–H groups in total. The van der Waals surface area contributed by atoms with Gasteiger partial charge in [-0.15, -0.1) is 0 Å². The zero-order valence-corrected chi connectivity index (χ0v) is 17.1. The number of carbonyl (C=O) groups is 3. The highest BCUT2D eigenvalue weighted by molar-refractivity contribution is 7.89. The van der Waals surface area contributed by atoms with Crippen LogP contribution in [0.25, 0.3) is 0 Å². The van der Waals surface area contributed by atoms with Crippen molar-refractivity contribution in [2.45, 2.75) is 24.7 Å². The highest BCUT2D eigenvalue weighted by Crippen LogP contribution is 2.27. The van der Waals surface area contributed by atoms with Gasteiger partial charge in [0.2, 0.25) is 10.0 Å². The van der Waals surface area contributed by atoms with Gasteiger partial charge in [0.05, 0.1) is 12.7 Å². The number of methoxy groups -OCH3 is 1. The van der Waals surface area contributed by atoms with Gasteiger partial charge in [0.1, 0.15) is 10.6 Å². The predicted octanol–water partition coefficient (Wildman–Crippen LogP) is 0.728. The Kier molecular flexibility index (Phi) is 8.86. The average molecular weight is 415 g/mol. The fourth-order valence-electron chi connectivity index (χ4n) is 2.00. The third-order valence-electron chi connectivity index (χ3n) is 3.56. The Bertz CT molecular complexity index is 822. The van der Waals surface area contributed by atoms with Crippen molar-refractivity contribution in [1.29, 1.82) is 0 Å². The molecule has 1 rings (SSSR count). The maximum absolute atomic E-state index is 12.4. The largest absolute Gasteiger partial charge is 0.495 e. The van der Waals surface area contributed by atoms with Gasteiger partial charge < -0.3 is 14.8 Å². The van der Waals surface area contributed by atoms with Gasteiger partial charge in [0.25, 0.3) is 5.91 Å². The van der Waals surface area contributed by atoms with Crippen molar-refractivity contribution < 1.29 is 32.3 Å². The first kappa shape index (κ1) is 23.4. The normalized spacial score (nSPS) is 11.0. The molecule has 3 amide bonds. The van der Waals surface area contributed by atoms with Crippen molar-refractivity contribution in [2.24, 2.45) is 0 Å². The number of amides is 3. The molecule has 0 radical (unpaired) electrons. The number of esters is 1. The molecule has 0 heterocycles. The first-order valence-electron chi connectivity index (χ1n) is 8.48. The summed E-state index contributed by atoms with van der Waals surface area (Å²) < 4.78 is 35.6. The lowest BCUT2D eigenvalue weighted by molar-refractivity contribution is -0.123. The number of unbranched alkanes of at least 4 members (excludes halogenated alkanes) is 1. The minimum absolute atomic E-state index is 0.0618. The molecule has 156 valence electrons. The van der Waals surface area contributed by atoms with Crippen molar-refractivity contribution in [3.8, 4) is 5.75 Å². The van der Waals surface area contributed by atoms with E-state index < -0.39 is 34.5 Å². The first-order valence-corrected chi connectivity index (χ1v) is 9.92. The van der Waals surface area contributed by atoms with Crippen molar-refractivity contribution in [3.05, 3.63) is 23.8 Å². The highest BCUT2D eigenvalue weighted by Gasteiger charge is 2.24. The number of sulfonamides is 1. The number of carbonyl (C=O) groups excluding carboxylic acids is 3. The van der Waals surface area contributed by atoms with E-state index in [0.29, 0.717) is 6.54 Å². The van der Waals surface area contributed by atoms with Crippen LogP contribution in [0.1, 0.15) is 30.1 Å². The SMILES string of the molecule is CCCCNC(=O)NC(=O)COC(=O)c1ccc(OC)c(S(=O)(=O)N(C)C)c1. The second-order valence-corrected chi connectivity index (χ2v) is 8.01. The second kappa shape index (κ2) is 10.6. The molecule has 0 unspecified atom stereocenters. The summed E-state index contributed by atoms with van der Waals surface area (Å²) in [6.07, 6.45) is 1.66. The van der Waals surface area contributed by atoms with Gasteiger partial charge in [0.15, 0.2) is 6.61 Å². The first-order chi connectivity index (χ1) is 13.1. The molecule has 0 spiro atoms. The number of benzene rings is 1. The molecule has 0 aliphatic heterocycles. The monoisotopic (exact) mass is 415 g/mol. The lowest BCUT2D eigenvalue weighted by atomic mass is 10.2. The fourth-order valence-corrected chi connectivity index (χ4v) is 3.08. The second-order valence-electron chi connectivity index (χ2n) is 5.89. The predicted molar refractivity (Wildman–Crippen MR) is 101 cm³/mol. The third-order valence-corrected chi connectivity index (χ3v) is 5.40. The van der Waals surface area contributed by atoms with E-state index in [1.807, 2.05) is 12.2 Å². The average Bonchev–Trinajstić information content (AvgIpc) is 2.65. The van der Waals surface area contributed by atoms with Gasteiger partial charge in [0, 0.05) is 20.6 Å². The lowest BCUT2D eigenvalue weighted by Crippen LogP contribution is -2.41. The number of imide groups is 1. The summed E-state index contributed by atoms with van der Waals surface area (Å²) in [4.78, 5) is 35.1. The number of nitrogens with zero attached hydrogens (tertiary/aromatic N) is 1. The summed E-state index contributed by atoms with van der Waals surface area (Å²) in [7, 11) is 0.124. The fraction of sp³-hybridized carbons (Fsp3) is 0.471. The van der Waals surface area contributed by atoms with Crippen LogP contribution < -0.4 is 15.4 Å². The Hall–Kier alpha value is -2.66. The number of nitrogens with one attached hydrogen (secondary N) is 2. The van der Waals surface area contributed by atoms with E-state index in [1.54, 1.807) is 0 Å². The number of hydrogen-bond donors (Lipinski definition) is 2. The molecule has 28 heavy (non-hydrogen) atoms. The van der Waals surface area contributed by atoms with E-state index in [0.717, 1.165) is 23.2 Å². The van der Waals surface area contributed by atoms with Crippen molar-refractivity contribution in [1.82, 2.24) is 14.9 Å². The topological polar surface area (TPSA) is 131 Å². The standard InChI is InChI=1S/C17H25N3O7S/c1-5-6-9-18-17(23)19-15(21)11-27-16(22)12-7-8-13(26-4)14(10-12)28(24,25)20(2)3/h7-8,10H,5-6,9,11H2,1-4H3,(H2,18,19,21,23). The van der Waals surface area contributed by atoms with E-state index in [1.165, 1.54) is 33.3 Å². The zero-order chi connectivity index (χ0) is 21.3. The third kappa shape index (κ3) is 6.50. The quantitative estimate of drug-likeness (QED) is 0.449. The summed E-state index contributed by atoms with van der Waals surface area (Å²) in [5.41, 5.74) is -0.0820. The van der Waals surface area contributed by atoms with Crippen LogP contribution in [0, 0.1) is 0 Å². The molecular formula is C17H25N3O7S. The van der Waals surface area contributed by atoms with Crippen molar-refractivity contribution in [3.63, 3.8) is 0 Å². The molecular weight excluding hydrogens is 390 g/mol. The molecule has 1 aromatic rings. The summed E-state index contributed by atoms with van der Waals surface area (Å²) in [6, 6.07) is 3.05. The van der Waals surface area contributed by atoms with Crippen LogP contribution in [-0.4, -0.2) is 65.0 Å². The van der Waals surface area contributed by atoms with E-state index in [-0.39, 0.29) is 16.2 Å². The van der Waals surface area contributed by atoms with Gasteiger partial charge in [-0.25, -0.2) is 22.3 Å². The molecule has 0 atom stereocenters. The van der Waals surface area contributed by atoms with Crippen LogP contribution >= 0.6 is 0 Å². The van der Waals surface area contributed by atoms with Crippen LogP contribution in [0.3, 0.4) is 0 Å². The van der Waals surface area contributed by atoms with Crippen LogP contribution in [0.5, 0.6) is 5.75 Å². The van der Waals surface area contributed by atoms with Crippen LogP contribution in [0.2, 0.25) is 0 Å². The maximum Gasteiger partial charge on any atom is 0.338 e. The molecule has 0 saturated heterocycles. The van der Waals surface area contributed by atoms with E-state index in [9.17, 15) is 22.8 Å². The molecule has 0 aromatic heterocycles. The van der Waals surface area contributed by atoms with Crippen LogP contribution in [0.4, 0.5) is 4.79 Å². The smallest absolute Gasteiger partial charge is 0.338 e. The van der Waals surface area contributed by atoms with Gasteiger partial charge in [-0.05, 0) is 24.6 Å². The maximum atomic E-state index is 12.4. The van der Waals surface area contributed by atoms with E-state index >= 15 is 0 Å². The van der Waals surface area contributed by atoms with Gasteiger partial charge >= 0.3 is 12.0 Å². The van der Waals surface area contributed by atoms with E-state index in [4.69, 9.17) is 9.47 Å². The number of urea groups is 1. The Morgan fingerprint density at radius 3 is 2.43 bits per heavy atom. The molecule has 0 aliphatic rings. The number of hydrogen-bond acceptors (Lipinski definition) is 7. The highest BCUT2D eigenvalue weighted by atomic mass is 32.2.